The molecule has 0 bridgehead atoms. The summed E-state index contributed by atoms with van der Waals surface area (Å²) in [5.41, 5.74) is -0.500. The first kappa shape index (κ1) is 15.7. The van der Waals surface area contributed by atoms with Crippen molar-refractivity contribution in [2.75, 3.05) is 0 Å². The Hall–Kier alpha value is 0.873. The molecule has 0 amide bonds. The van der Waals surface area contributed by atoms with E-state index >= 15 is 0 Å². The third-order valence-corrected chi connectivity index (χ3v) is 0. The molecule has 0 atom stereocenters. The first-order valence-electron chi connectivity index (χ1n) is 1.72. The van der Waals surface area contributed by atoms with E-state index in [9.17, 15) is 0 Å². The normalized spacial score (nSPS) is 8.57. The summed E-state index contributed by atoms with van der Waals surface area (Å²) >= 11 is 0. The molecule has 0 aliphatic carbocycles. The third kappa shape index (κ3) is 214. The summed E-state index contributed by atoms with van der Waals surface area (Å²) in [6, 6.07) is 0. The SMILES string of the molecule is CC(C)(C)O.Cl.[Zn]. The van der Waals surface area contributed by atoms with Gasteiger partial charge in [0.05, 0.1) is 5.60 Å². The molecule has 0 aromatic rings. The molecule has 1 nitrogen and oxygen atoms in total. The molecule has 0 saturated carbocycles. The van der Waals surface area contributed by atoms with Crippen molar-refractivity contribution in [3.8, 4) is 0 Å². The molecule has 0 heterocycles. The smallest absolute Gasteiger partial charge is 0.0563 e. The van der Waals surface area contributed by atoms with Crippen molar-refractivity contribution in [2.45, 2.75) is 26.4 Å². The first-order valence-corrected chi connectivity index (χ1v) is 1.72. The monoisotopic (exact) mass is 174 g/mol. The predicted octanol–water partition coefficient (Wildman–Crippen LogP) is 1.20. The van der Waals surface area contributed by atoms with E-state index in [4.69, 9.17) is 5.11 Å². The van der Waals surface area contributed by atoms with Crippen LogP contribution in [0.15, 0.2) is 0 Å². The summed E-state index contributed by atoms with van der Waals surface area (Å²) in [4.78, 5) is 0. The van der Waals surface area contributed by atoms with E-state index in [1.807, 2.05) is 0 Å². The van der Waals surface area contributed by atoms with Crippen LogP contribution in [0.2, 0.25) is 0 Å². The van der Waals surface area contributed by atoms with Gasteiger partial charge in [0.2, 0.25) is 0 Å². The van der Waals surface area contributed by atoms with Gasteiger partial charge in [-0.15, -0.1) is 12.4 Å². The fraction of sp³-hybridized carbons (Fsp3) is 1.00. The summed E-state index contributed by atoms with van der Waals surface area (Å²) in [7, 11) is 0. The van der Waals surface area contributed by atoms with Gasteiger partial charge in [0, 0.05) is 19.5 Å². The molecule has 1 N–H and O–H groups in total. The summed E-state index contributed by atoms with van der Waals surface area (Å²) in [6.07, 6.45) is 0. The molecule has 0 spiro atoms. The molecule has 0 aromatic carbocycles. The second-order valence-electron chi connectivity index (χ2n) is 2.17. The van der Waals surface area contributed by atoms with Crippen molar-refractivity contribution >= 4 is 12.4 Å². The molecule has 0 unspecified atom stereocenters. The third-order valence-electron chi connectivity index (χ3n) is 0. The molecule has 0 aromatic heterocycles. The van der Waals surface area contributed by atoms with E-state index in [1.54, 1.807) is 20.8 Å². The average molecular weight is 176 g/mol. The van der Waals surface area contributed by atoms with Crippen LogP contribution in [-0.2, 0) is 19.5 Å². The van der Waals surface area contributed by atoms with Crippen molar-refractivity contribution in [3.63, 3.8) is 0 Å². The van der Waals surface area contributed by atoms with Crippen molar-refractivity contribution in [1.82, 2.24) is 0 Å². The Kier molecular flexibility index (Phi) is 11.2. The minimum atomic E-state index is -0.500. The van der Waals surface area contributed by atoms with Crippen LogP contribution in [0.4, 0.5) is 0 Å². The van der Waals surface area contributed by atoms with Gasteiger partial charge in [-0.05, 0) is 20.8 Å². The van der Waals surface area contributed by atoms with Gasteiger partial charge in [-0.1, -0.05) is 0 Å². The predicted molar refractivity (Wildman–Crippen MR) is 29.2 cm³/mol. The maximum Gasteiger partial charge on any atom is 0.0563 e. The zero-order valence-electron chi connectivity index (χ0n) is 5.06. The van der Waals surface area contributed by atoms with Gasteiger partial charge in [0.15, 0.2) is 0 Å². The molecule has 0 fully saturated rings. The van der Waals surface area contributed by atoms with Crippen molar-refractivity contribution in [3.05, 3.63) is 0 Å². The minimum Gasteiger partial charge on any atom is -0.391 e. The Bertz CT molecular complexity index is 27.2. The van der Waals surface area contributed by atoms with Gasteiger partial charge >= 0.3 is 0 Å². The molecule has 0 saturated heterocycles. The van der Waals surface area contributed by atoms with Gasteiger partial charge in [0.25, 0.3) is 0 Å². The van der Waals surface area contributed by atoms with Gasteiger partial charge in [-0.3, -0.25) is 0 Å². The van der Waals surface area contributed by atoms with Crippen LogP contribution < -0.4 is 0 Å². The molecular weight excluding hydrogens is 165 g/mol. The maximum atomic E-state index is 8.52. The number of aliphatic hydroxyl groups is 1. The van der Waals surface area contributed by atoms with E-state index in [1.165, 1.54) is 0 Å². The number of halogens is 1. The molecule has 0 aliphatic heterocycles. The number of hydrogen-bond acceptors (Lipinski definition) is 1. The molecule has 0 radical (unpaired) electrons. The summed E-state index contributed by atoms with van der Waals surface area (Å²) < 4.78 is 0. The minimum absolute atomic E-state index is 0. The summed E-state index contributed by atoms with van der Waals surface area (Å²) in [6.45, 7) is 5.23. The maximum absolute atomic E-state index is 8.52. The van der Waals surface area contributed by atoms with Gasteiger partial charge in [-0.2, -0.15) is 0 Å². The van der Waals surface area contributed by atoms with Gasteiger partial charge in [0.1, 0.15) is 0 Å². The first-order chi connectivity index (χ1) is 2.00. The summed E-state index contributed by atoms with van der Waals surface area (Å²) in [5.74, 6) is 0. The molecular formula is C4H11ClOZn. The zero-order chi connectivity index (χ0) is 4.50. The molecule has 42 valence electrons. The topological polar surface area (TPSA) is 20.2 Å². The number of rotatable bonds is 0. The molecule has 7 heavy (non-hydrogen) atoms. The molecule has 0 rings (SSSR count). The second kappa shape index (κ2) is 5.02. The summed E-state index contributed by atoms with van der Waals surface area (Å²) in [5, 5.41) is 8.52. The number of hydrogen-bond donors (Lipinski definition) is 1. The Labute approximate surface area is 63.7 Å². The molecule has 3 heteroatoms. The van der Waals surface area contributed by atoms with Crippen LogP contribution in [0.5, 0.6) is 0 Å². The molecule has 0 aliphatic rings. The Morgan fingerprint density at radius 3 is 1.14 bits per heavy atom. The van der Waals surface area contributed by atoms with Crippen molar-refractivity contribution < 1.29 is 24.6 Å². The van der Waals surface area contributed by atoms with Crippen LogP contribution in [0, 0.1) is 0 Å². The van der Waals surface area contributed by atoms with Crippen LogP contribution in [0.3, 0.4) is 0 Å². The Balaban J connectivity index is -0.0000000800. The largest absolute Gasteiger partial charge is 0.391 e. The Morgan fingerprint density at radius 2 is 1.14 bits per heavy atom. The second-order valence-corrected chi connectivity index (χ2v) is 2.17. The van der Waals surface area contributed by atoms with E-state index in [0.717, 1.165) is 0 Å². The van der Waals surface area contributed by atoms with E-state index in [0.29, 0.717) is 0 Å². The fourth-order valence-electron chi connectivity index (χ4n) is 0. The zero-order valence-corrected chi connectivity index (χ0v) is 8.85. The Morgan fingerprint density at radius 1 is 1.14 bits per heavy atom. The van der Waals surface area contributed by atoms with E-state index < -0.39 is 5.60 Å². The van der Waals surface area contributed by atoms with Crippen molar-refractivity contribution in [1.29, 1.82) is 0 Å². The van der Waals surface area contributed by atoms with E-state index in [2.05, 4.69) is 0 Å². The van der Waals surface area contributed by atoms with Gasteiger partial charge in [-0.25, -0.2) is 0 Å². The van der Waals surface area contributed by atoms with Crippen LogP contribution in [-0.4, -0.2) is 10.7 Å². The standard InChI is InChI=1S/C4H10O.ClH.Zn/c1-4(2,3)5;;/h5H,1-3H3;1H;. The fourth-order valence-corrected chi connectivity index (χ4v) is 0. The average Bonchev–Trinajstić information content (AvgIpc) is 0.722. The van der Waals surface area contributed by atoms with E-state index in [-0.39, 0.29) is 31.9 Å². The van der Waals surface area contributed by atoms with Crippen LogP contribution in [0.25, 0.3) is 0 Å². The van der Waals surface area contributed by atoms with Crippen molar-refractivity contribution in [2.24, 2.45) is 0 Å². The van der Waals surface area contributed by atoms with Gasteiger partial charge < -0.3 is 5.11 Å². The van der Waals surface area contributed by atoms with Crippen LogP contribution in [0.1, 0.15) is 20.8 Å². The quantitative estimate of drug-likeness (QED) is 0.549. The van der Waals surface area contributed by atoms with Crippen LogP contribution >= 0.6 is 12.4 Å².